The predicted octanol–water partition coefficient (Wildman–Crippen LogP) is 8.77. The number of hydrogen-bond donors (Lipinski definition) is 0. The highest BCUT2D eigenvalue weighted by atomic mass is 28.3. The summed E-state index contributed by atoms with van der Waals surface area (Å²) in [5, 5.41) is 13.8. The van der Waals surface area contributed by atoms with E-state index in [4.69, 9.17) is 0 Å². The molecule has 0 fully saturated rings. The van der Waals surface area contributed by atoms with E-state index in [-0.39, 0.29) is 0 Å². The van der Waals surface area contributed by atoms with Gasteiger partial charge in [0.05, 0.1) is 0 Å². The van der Waals surface area contributed by atoms with Gasteiger partial charge >= 0.3 is 0 Å². The smallest absolute Gasteiger partial charge is 0.0619 e. The van der Waals surface area contributed by atoms with Crippen LogP contribution in [-0.2, 0) is 0 Å². The molecule has 0 atom stereocenters. The van der Waals surface area contributed by atoms with E-state index in [0.717, 1.165) is 0 Å². The van der Waals surface area contributed by atoms with E-state index in [1.807, 2.05) is 0 Å². The fraction of sp³-hybridized carbons (Fsp3) is 0.0556. The van der Waals surface area contributed by atoms with Gasteiger partial charge in [0.1, 0.15) is 8.07 Å². The molecule has 8 rings (SSSR count). The minimum absolute atomic E-state index is 1.29. The molecule has 0 aromatic heterocycles. The lowest BCUT2D eigenvalue weighted by molar-refractivity contribution is 1.61. The lowest BCUT2D eigenvalue weighted by atomic mass is 9.91. The first-order valence-corrected chi connectivity index (χ1v) is 16.1. The van der Waals surface area contributed by atoms with Crippen molar-refractivity contribution in [1.82, 2.24) is 0 Å². The fourth-order valence-corrected chi connectivity index (χ4v) is 9.83. The molecule has 7 aromatic rings. The van der Waals surface area contributed by atoms with Gasteiger partial charge in [0, 0.05) is 0 Å². The number of rotatable bonds is 1. The Bertz CT molecular complexity index is 2060. The van der Waals surface area contributed by atoms with Crippen molar-refractivity contribution in [2.24, 2.45) is 0 Å². The van der Waals surface area contributed by atoms with Gasteiger partial charge in [-0.3, -0.25) is 0 Å². The van der Waals surface area contributed by atoms with Gasteiger partial charge in [-0.05, 0) is 93.9 Å². The molecule has 0 N–H and O–H groups in total. The Morgan fingerprint density at radius 1 is 0.405 bits per heavy atom. The molecule has 1 aliphatic rings. The average molecular weight is 487 g/mol. The van der Waals surface area contributed by atoms with Gasteiger partial charge in [-0.15, -0.1) is 0 Å². The van der Waals surface area contributed by atoms with Gasteiger partial charge in [0.2, 0.25) is 0 Å². The molecular formula is C36H26Si. The second kappa shape index (κ2) is 7.41. The molecule has 0 spiro atoms. The van der Waals surface area contributed by atoms with Crippen molar-refractivity contribution in [1.29, 1.82) is 0 Å². The highest BCUT2D eigenvalue weighted by Crippen LogP contribution is 2.39. The summed E-state index contributed by atoms with van der Waals surface area (Å²) in [7, 11) is -1.80. The zero-order valence-electron chi connectivity index (χ0n) is 21.0. The molecule has 0 saturated carbocycles. The maximum atomic E-state index is 2.50. The Morgan fingerprint density at radius 3 is 2.00 bits per heavy atom. The fourth-order valence-electron chi connectivity index (χ4n) is 6.74. The lowest BCUT2D eigenvalue weighted by Gasteiger charge is -2.33. The Kier molecular flexibility index (Phi) is 4.19. The van der Waals surface area contributed by atoms with E-state index >= 15 is 0 Å². The van der Waals surface area contributed by atoms with E-state index in [9.17, 15) is 0 Å². The summed E-state index contributed by atoms with van der Waals surface area (Å²) < 4.78 is 0. The van der Waals surface area contributed by atoms with Gasteiger partial charge in [-0.2, -0.15) is 0 Å². The molecule has 37 heavy (non-hydrogen) atoms. The summed E-state index contributed by atoms with van der Waals surface area (Å²) >= 11 is 0. The Morgan fingerprint density at radius 2 is 1.14 bits per heavy atom. The van der Waals surface area contributed by atoms with Gasteiger partial charge in [-0.1, -0.05) is 116 Å². The second-order valence-corrected chi connectivity index (χ2v) is 15.3. The van der Waals surface area contributed by atoms with Crippen molar-refractivity contribution in [3.05, 3.63) is 121 Å². The quantitative estimate of drug-likeness (QED) is 0.124. The first kappa shape index (κ1) is 20.9. The standard InChI is InChI=1S/C36H26Si/c1-37(2)34-19-17-27(22-33(34)31-14-5-10-23-11-6-15-35(37)36(23)31)28-12-7-13-29-30(28)18-16-26-20-24-8-3-4-9-25(24)21-32(26)29/h3-22H,1-2H3. The molecule has 1 heteroatoms. The molecule has 0 amide bonds. The van der Waals surface area contributed by atoms with Crippen LogP contribution in [0.1, 0.15) is 0 Å². The molecular weight excluding hydrogens is 460 g/mol. The van der Waals surface area contributed by atoms with Crippen LogP contribution in [0.15, 0.2) is 121 Å². The Labute approximate surface area is 217 Å². The zero-order valence-corrected chi connectivity index (χ0v) is 22.0. The number of benzene rings is 7. The molecule has 1 heterocycles. The molecule has 174 valence electrons. The van der Waals surface area contributed by atoms with Crippen molar-refractivity contribution in [2.75, 3.05) is 0 Å². The molecule has 0 unspecified atom stereocenters. The van der Waals surface area contributed by atoms with E-state index in [1.54, 1.807) is 10.4 Å². The van der Waals surface area contributed by atoms with Crippen LogP contribution in [0.25, 0.3) is 65.3 Å². The van der Waals surface area contributed by atoms with E-state index in [1.165, 1.54) is 65.3 Å². The van der Waals surface area contributed by atoms with E-state index < -0.39 is 8.07 Å². The van der Waals surface area contributed by atoms with Crippen molar-refractivity contribution in [3.63, 3.8) is 0 Å². The molecule has 0 bridgehead atoms. The third kappa shape index (κ3) is 2.89. The van der Waals surface area contributed by atoms with Crippen molar-refractivity contribution >= 4 is 61.5 Å². The Hall–Kier alpha value is -4.20. The first-order valence-electron chi connectivity index (χ1n) is 13.1. The minimum Gasteiger partial charge on any atom is -0.0619 e. The maximum absolute atomic E-state index is 2.50. The van der Waals surface area contributed by atoms with E-state index in [2.05, 4.69) is 134 Å². The molecule has 1 aliphatic heterocycles. The number of hydrogen-bond acceptors (Lipinski definition) is 0. The van der Waals surface area contributed by atoms with Crippen LogP contribution in [0.4, 0.5) is 0 Å². The largest absolute Gasteiger partial charge is 0.113 e. The first-order chi connectivity index (χ1) is 18.1. The van der Waals surface area contributed by atoms with Crippen molar-refractivity contribution in [2.45, 2.75) is 13.1 Å². The lowest BCUT2D eigenvalue weighted by Crippen LogP contribution is -2.55. The van der Waals surface area contributed by atoms with Gasteiger partial charge in [0.15, 0.2) is 0 Å². The van der Waals surface area contributed by atoms with Gasteiger partial charge in [-0.25, -0.2) is 0 Å². The maximum Gasteiger partial charge on any atom is 0.113 e. The highest BCUT2D eigenvalue weighted by molar-refractivity contribution is 7.03. The number of fused-ring (bicyclic) bond motifs is 6. The van der Waals surface area contributed by atoms with Crippen LogP contribution in [0.5, 0.6) is 0 Å². The second-order valence-electron chi connectivity index (χ2n) is 11.0. The van der Waals surface area contributed by atoms with Crippen LogP contribution in [0, 0.1) is 0 Å². The normalized spacial score (nSPS) is 13.9. The molecule has 0 aliphatic carbocycles. The average Bonchev–Trinajstić information content (AvgIpc) is 2.94. The van der Waals surface area contributed by atoms with Gasteiger partial charge < -0.3 is 0 Å². The van der Waals surface area contributed by atoms with Crippen LogP contribution in [-0.4, -0.2) is 8.07 Å². The molecule has 0 saturated heterocycles. The zero-order chi connectivity index (χ0) is 24.7. The third-order valence-electron chi connectivity index (χ3n) is 8.62. The Balaban J connectivity index is 1.40. The van der Waals surface area contributed by atoms with Crippen molar-refractivity contribution < 1.29 is 0 Å². The predicted molar refractivity (Wildman–Crippen MR) is 164 cm³/mol. The van der Waals surface area contributed by atoms with Crippen LogP contribution >= 0.6 is 0 Å². The van der Waals surface area contributed by atoms with Gasteiger partial charge in [0.25, 0.3) is 0 Å². The van der Waals surface area contributed by atoms with Crippen LogP contribution in [0.3, 0.4) is 0 Å². The summed E-state index contributed by atoms with van der Waals surface area (Å²) in [5.74, 6) is 0. The summed E-state index contributed by atoms with van der Waals surface area (Å²) in [6, 6.07) is 45.7. The third-order valence-corrected chi connectivity index (χ3v) is 12.2. The molecule has 0 radical (unpaired) electrons. The SMILES string of the molecule is C[Si]1(C)c2ccc(-c3cccc4c3ccc3cc5ccccc5cc34)cc2-c2cccc3cccc1c23. The summed E-state index contributed by atoms with van der Waals surface area (Å²) in [5.41, 5.74) is 5.41. The van der Waals surface area contributed by atoms with Crippen molar-refractivity contribution in [3.8, 4) is 22.3 Å². The van der Waals surface area contributed by atoms with E-state index in [0.29, 0.717) is 0 Å². The molecule has 0 nitrogen and oxygen atoms in total. The highest BCUT2D eigenvalue weighted by Gasteiger charge is 2.35. The minimum atomic E-state index is -1.80. The van der Waals surface area contributed by atoms with Crippen LogP contribution < -0.4 is 10.4 Å². The monoisotopic (exact) mass is 486 g/mol. The summed E-state index contributed by atoms with van der Waals surface area (Å²) in [6.07, 6.45) is 0. The van der Waals surface area contributed by atoms with Crippen LogP contribution in [0.2, 0.25) is 13.1 Å². The summed E-state index contributed by atoms with van der Waals surface area (Å²) in [6.45, 7) is 5.01. The molecule has 7 aromatic carbocycles. The summed E-state index contributed by atoms with van der Waals surface area (Å²) in [4.78, 5) is 0. The topological polar surface area (TPSA) is 0 Å².